The van der Waals surface area contributed by atoms with Crippen LogP contribution in [0.3, 0.4) is 0 Å². The molecule has 0 aliphatic heterocycles. The van der Waals surface area contributed by atoms with E-state index in [1.54, 1.807) is 0 Å². The Labute approximate surface area is 86.6 Å². The minimum absolute atomic E-state index is 0.0822. The number of unbranched alkanes of at least 4 members (excludes halogenated alkanes) is 3. The Morgan fingerprint density at radius 2 is 1.71 bits per heavy atom. The first-order valence-corrected chi connectivity index (χ1v) is 6.16. The highest BCUT2D eigenvalue weighted by atomic mass is 32.3. The third-order valence-electron chi connectivity index (χ3n) is 1.23. The number of hydrogen-bond acceptors (Lipinski definition) is 4. The van der Waals surface area contributed by atoms with Gasteiger partial charge in [-0.2, -0.15) is 8.42 Å². The van der Waals surface area contributed by atoms with Crippen molar-refractivity contribution >= 4 is 10.4 Å². The van der Waals surface area contributed by atoms with Gasteiger partial charge in [0.2, 0.25) is 0 Å². The van der Waals surface area contributed by atoms with Crippen LogP contribution in [0.1, 0.15) is 39.5 Å². The van der Waals surface area contributed by atoms with Gasteiger partial charge in [0.1, 0.15) is 0 Å². The summed E-state index contributed by atoms with van der Waals surface area (Å²) in [6, 6.07) is 0. The molecule has 5 nitrogen and oxygen atoms in total. The number of hydrogen-bond donors (Lipinski definition) is 2. The monoisotopic (exact) mass is 227 g/mol. The van der Waals surface area contributed by atoms with Gasteiger partial charge in [0.05, 0.1) is 6.61 Å². The lowest BCUT2D eigenvalue weighted by Crippen LogP contribution is -2.04. The second-order valence-electron chi connectivity index (χ2n) is 2.72. The molecule has 0 fully saturated rings. The molecule has 0 atom stereocenters. The van der Waals surface area contributed by atoms with E-state index in [2.05, 4.69) is 11.1 Å². The molecular formula is C8H21NO4S. The smallest absolute Gasteiger partial charge is 0.331 e. The van der Waals surface area contributed by atoms with Gasteiger partial charge in [0, 0.05) is 0 Å². The fourth-order valence-electron chi connectivity index (χ4n) is 0.693. The third-order valence-corrected chi connectivity index (χ3v) is 1.69. The Morgan fingerprint density at radius 1 is 1.21 bits per heavy atom. The molecule has 0 saturated carbocycles. The maximum atomic E-state index is 10.00. The second-order valence-corrected chi connectivity index (χ2v) is 3.81. The Morgan fingerprint density at radius 3 is 2.07 bits per heavy atom. The van der Waals surface area contributed by atoms with Crippen LogP contribution in [0, 0.1) is 0 Å². The molecule has 14 heavy (non-hydrogen) atoms. The lowest BCUT2D eigenvalue weighted by atomic mass is 10.2. The zero-order valence-corrected chi connectivity index (χ0v) is 9.72. The van der Waals surface area contributed by atoms with Crippen molar-refractivity contribution in [1.82, 2.24) is 0 Å². The first kappa shape index (κ1) is 16.3. The van der Waals surface area contributed by atoms with Crippen molar-refractivity contribution in [3.05, 3.63) is 0 Å². The normalized spacial score (nSPS) is 10.6. The standard InChI is InChI=1S/C6H14O4S.C2H7N/c1-2-3-4-5-6-10-11(7,8)9;1-2-3/h2-6H2,1H3,(H,7,8,9);2-3H2,1H3. The molecular weight excluding hydrogens is 206 g/mol. The van der Waals surface area contributed by atoms with Crippen LogP contribution in [0.4, 0.5) is 0 Å². The van der Waals surface area contributed by atoms with Crippen LogP contribution in [0.15, 0.2) is 0 Å². The van der Waals surface area contributed by atoms with E-state index >= 15 is 0 Å². The van der Waals surface area contributed by atoms with Crippen molar-refractivity contribution in [3.63, 3.8) is 0 Å². The van der Waals surface area contributed by atoms with E-state index in [0.717, 1.165) is 25.8 Å². The van der Waals surface area contributed by atoms with Crippen molar-refractivity contribution < 1.29 is 17.2 Å². The molecule has 3 N–H and O–H groups in total. The molecule has 0 rings (SSSR count). The SMILES string of the molecule is CCCCCCOS(=O)(=O)O.CCN. The summed E-state index contributed by atoms with van der Waals surface area (Å²) in [6.07, 6.45) is 3.76. The summed E-state index contributed by atoms with van der Waals surface area (Å²) in [4.78, 5) is 0. The van der Waals surface area contributed by atoms with Gasteiger partial charge in [-0.25, -0.2) is 4.18 Å². The van der Waals surface area contributed by atoms with Gasteiger partial charge in [-0.3, -0.25) is 4.55 Å². The van der Waals surface area contributed by atoms with E-state index in [4.69, 9.17) is 10.3 Å². The highest BCUT2D eigenvalue weighted by molar-refractivity contribution is 7.80. The van der Waals surface area contributed by atoms with Crippen molar-refractivity contribution in [3.8, 4) is 0 Å². The molecule has 88 valence electrons. The van der Waals surface area contributed by atoms with E-state index in [1.807, 2.05) is 6.92 Å². The van der Waals surface area contributed by atoms with Gasteiger partial charge >= 0.3 is 10.4 Å². The van der Waals surface area contributed by atoms with E-state index < -0.39 is 10.4 Å². The lowest BCUT2D eigenvalue weighted by Gasteiger charge is -1.98. The maximum Gasteiger partial charge on any atom is 0.397 e. The summed E-state index contributed by atoms with van der Waals surface area (Å²) in [7, 11) is -4.21. The summed E-state index contributed by atoms with van der Waals surface area (Å²) >= 11 is 0. The minimum Gasteiger partial charge on any atom is -0.331 e. The van der Waals surface area contributed by atoms with Gasteiger partial charge in [0.25, 0.3) is 0 Å². The van der Waals surface area contributed by atoms with E-state index in [1.165, 1.54) is 0 Å². The highest BCUT2D eigenvalue weighted by Crippen LogP contribution is 1.99. The van der Waals surface area contributed by atoms with Crippen molar-refractivity contribution in [2.75, 3.05) is 13.2 Å². The van der Waals surface area contributed by atoms with Crippen LogP contribution < -0.4 is 5.73 Å². The summed E-state index contributed by atoms with van der Waals surface area (Å²) in [5.41, 5.74) is 4.85. The summed E-state index contributed by atoms with van der Waals surface area (Å²) < 4.78 is 32.2. The first-order valence-electron chi connectivity index (χ1n) is 4.79. The molecule has 6 heteroatoms. The predicted octanol–water partition coefficient (Wildman–Crippen LogP) is 1.35. The van der Waals surface area contributed by atoms with Crippen molar-refractivity contribution in [2.24, 2.45) is 5.73 Å². The quantitative estimate of drug-likeness (QED) is 0.528. The largest absolute Gasteiger partial charge is 0.397 e. The number of rotatable bonds is 6. The van der Waals surface area contributed by atoms with Crippen LogP contribution in [-0.4, -0.2) is 26.1 Å². The van der Waals surface area contributed by atoms with Gasteiger partial charge < -0.3 is 5.73 Å². The molecule has 0 heterocycles. The molecule has 0 aromatic rings. The van der Waals surface area contributed by atoms with Crippen LogP contribution in [0.25, 0.3) is 0 Å². The first-order chi connectivity index (χ1) is 6.47. The van der Waals surface area contributed by atoms with Crippen LogP contribution in [0.2, 0.25) is 0 Å². The third kappa shape index (κ3) is 22.6. The molecule has 0 unspecified atom stereocenters. The van der Waals surface area contributed by atoms with E-state index in [9.17, 15) is 8.42 Å². The predicted molar refractivity (Wildman–Crippen MR) is 56.4 cm³/mol. The zero-order chi connectivity index (χ0) is 11.4. The maximum absolute atomic E-state index is 10.00. The fraction of sp³-hybridized carbons (Fsp3) is 1.00. The van der Waals surface area contributed by atoms with Crippen molar-refractivity contribution in [2.45, 2.75) is 39.5 Å². The minimum atomic E-state index is -4.21. The Bertz CT molecular complexity index is 192. The summed E-state index contributed by atoms with van der Waals surface area (Å²) in [5.74, 6) is 0. The molecule has 0 aromatic carbocycles. The van der Waals surface area contributed by atoms with Crippen LogP contribution >= 0.6 is 0 Å². The van der Waals surface area contributed by atoms with Crippen molar-refractivity contribution in [1.29, 1.82) is 0 Å². The zero-order valence-electron chi connectivity index (χ0n) is 8.90. The van der Waals surface area contributed by atoms with E-state index in [0.29, 0.717) is 6.42 Å². The van der Waals surface area contributed by atoms with E-state index in [-0.39, 0.29) is 6.61 Å². The molecule has 0 amide bonds. The van der Waals surface area contributed by atoms with Crippen LogP contribution in [0.5, 0.6) is 0 Å². The van der Waals surface area contributed by atoms with Crippen LogP contribution in [-0.2, 0) is 14.6 Å². The van der Waals surface area contributed by atoms with Gasteiger partial charge in [-0.1, -0.05) is 33.1 Å². The van der Waals surface area contributed by atoms with Gasteiger partial charge in [-0.15, -0.1) is 0 Å². The Balaban J connectivity index is 0. The van der Waals surface area contributed by atoms with Gasteiger partial charge in [-0.05, 0) is 13.0 Å². The topological polar surface area (TPSA) is 89.6 Å². The second kappa shape index (κ2) is 10.9. The summed E-state index contributed by atoms with van der Waals surface area (Å²) in [5, 5.41) is 0. The summed E-state index contributed by atoms with van der Waals surface area (Å²) in [6.45, 7) is 4.79. The average Bonchev–Trinajstić information content (AvgIpc) is 2.03. The molecule has 0 radical (unpaired) electrons. The molecule has 0 aromatic heterocycles. The molecule has 0 bridgehead atoms. The molecule has 0 aliphatic carbocycles. The van der Waals surface area contributed by atoms with Gasteiger partial charge in [0.15, 0.2) is 0 Å². The fourth-order valence-corrected chi connectivity index (χ4v) is 1.02. The average molecular weight is 227 g/mol. The molecule has 0 spiro atoms. The highest BCUT2D eigenvalue weighted by Gasteiger charge is 2.01. The Hall–Kier alpha value is -0.170. The molecule has 0 saturated heterocycles. The lowest BCUT2D eigenvalue weighted by molar-refractivity contribution is 0.261. The Kier molecular flexibility index (Phi) is 12.7. The number of nitrogens with two attached hydrogens (primary N) is 1. The molecule has 0 aliphatic rings.